The second kappa shape index (κ2) is 4.46. The molecule has 0 spiro atoms. The van der Waals surface area contributed by atoms with Gasteiger partial charge in [0.2, 0.25) is 0 Å². The fourth-order valence-corrected chi connectivity index (χ4v) is 2.39. The number of aliphatic hydroxyl groups is 1. The Labute approximate surface area is 105 Å². The highest BCUT2D eigenvalue weighted by Crippen LogP contribution is 2.26. The first-order valence-electron chi connectivity index (χ1n) is 6.29. The lowest BCUT2D eigenvalue weighted by Crippen LogP contribution is -2.16. The Balaban J connectivity index is 2.08. The number of aromatic nitrogens is 2. The Bertz CT molecular complexity index is 669. The van der Waals surface area contributed by atoms with E-state index < -0.39 is 0 Å². The van der Waals surface area contributed by atoms with E-state index in [2.05, 4.69) is 12.0 Å². The molecule has 0 radical (unpaired) electrons. The zero-order chi connectivity index (χ0) is 12.5. The molecule has 0 aliphatic heterocycles. The van der Waals surface area contributed by atoms with Crippen LogP contribution < -0.4 is 0 Å². The predicted octanol–water partition coefficient (Wildman–Crippen LogP) is 2.94. The number of nitrogens with zero attached hydrogens (tertiary/aromatic N) is 2. The highest BCUT2D eigenvalue weighted by Gasteiger charge is 2.11. The van der Waals surface area contributed by atoms with Gasteiger partial charge in [-0.25, -0.2) is 0 Å². The second-order valence-electron chi connectivity index (χ2n) is 4.60. The Kier molecular flexibility index (Phi) is 2.80. The fraction of sp³-hybridized carbons (Fsp3) is 0.357. The molecule has 0 aliphatic rings. The van der Waals surface area contributed by atoms with Gasteiger partial charge >= 0.3 is 0 Å². The van der Waals surface area contributed by atoms with Crippen molar-refractivity contribution in [2.75, 3.05) is 0 Å². The van der Waals surface area contributed by atoms with Gasteiger partial charge in [-0.15, -0.1) is 0 Å². The fourth-order valence-electron chi connectivity index (χ4n) is 2.39. The molecule has 2 aromatic heterocycles. The van der Waals surface area contributed by atoms with E-state index in [0.717, 1.165) is 34.7 Å². The monoisotopic (exact) mass is 244 g/mol. The molecule has 2 heterocycles. The minimum atomic E-state index is -0.347. The number of rotatable bonds is 4. The molecule has 0 fully saturated rings. The highest BCUT2D eigenvalue weighted by molar-refractivity contribution is 6.03. The number of fused-ring (bicyclic) bond motifs is 3. The first kappa shape index (κ1) is 11.3. The zero-order valence-corrected chi connectivity index (χ0v) is 10.3. The van der Waals surface area contributed by atoms with Crippen LogP contribution in [0.25, 0.3) is 21.9 Å². The summed E-state index contributed by atoms with van der Waals surface area (Å²) in [5, 5.41) is 16.4. The van der Waals surface area contributed by atoms with Crippen LogP contribution in [-0.4, -0.2) is 21.0 Å². The van der Waals surface area contributed by atoms with Crippen LogP contribution >= 0.6 is 0 Å². The summed E-state index contributed by atoms with van der Waals surface area (Å²) in [7, 11) is 0. The van der Waals surface area contributed by atoms with Crippen LogP contribution in [0.3, 0.4) is 0 Å². The van der Waals surface area contributed by atoms with Crippen LogP contribution in [0.4, 0.5) is 0 Å². The van der Waals surface area contributed by atoms with Crippen molar-refractivity contribution < 1.29 is 9.52 Å². The van der Waals surface area contributed by atoms with Crippen molar-refractivity contribution in [3.05, 3.63) is 30.7 Å². The van der Waals surface area contributed by atoms with Crippen molar-refractivity contribution in [1.82, 2.24) is 9.78 Å². The van der Waals surface area contributed by atoms with Gasteiger partial charge in [-0.3, -0.25) is 4.68 Å². The molecule has 0 amide bonds. The maximum atomic E-state index is 9.92. The van der Waals surface area contributed by atoms with Crippen molar-refractivity contribution >= 4 is 21.9 Å². The summed E-state index contributed by atoms with van der Waals surface area (Å²) in [6, 6.07) is 5.89. The Hall–Kier alpha value is -1.81. The van der Waals surface area contributed by atoms with E-state index in [4.69, 9.17) is 4.42 Å². The maximum absolute atomic E-state index is 9.92. The predicted molar refractivity (Wildman–Crippen MR) is 70.4 cm³/mol. The average molecular weight is 244 g/mol. The van der Waals surface area contributed by atoms with Gasteiger partial charge in [-0.2, -0.15) is 5.10 Å². The average Bonchev–Trinajstić information content (AvgIpc) is 2.94. The van der Waals surface area contributed by atoms with E-state index in [1.165, 1.54) is 0 Å². The van der Waals surface area contributed by atoms with Gasteiger partial charge in [0.25, 0.3) is 0 Å². The molecule has 1 aromatic carbocycles. The van der Waals surface area contributed by atoms with Crippen LogP contribution in [0.1, 0.15) is 19.8 Å². The minimum Gasteiger partial charge on any atom is -0.464 e. The molecule has 4 nitrogen and oxygen atoms in total. The normalized spacial score (nSPS) is 13.4. The molecule has 0 aliphatic carbocycles. The summed E-state index contributed by atoms with van der Waals surface area (Å²) >= 11 is 0. The number of benzene rings is 1. The molecule has 1 unspecified atom stereocenters. The molecular weight excluding hydrogens is 228 g/mol. The Morgan fingerprint density at radius 3 is 3.11 bits per heavy atom. The van der Waals surface area contributed by atoms with E-state index >= 15 is 0 Å². The van der Waals surface area contributed by atoms with Gasteiger partial charge in [0.1, 0.15) is 5.58 Å². The van der Waals surface area contributed by atoms with Crippen LogP contribution in [0.5, 0.6) is 0 Å². The van der Waals surface area contributed by atoms with Crippen LogP contribution in [0.2, 0.25) is 0 Å². The topological polar surface area (TPSA) is 51.2 Å². The maximum Gasteiger partial charge on any atom is 0.136 e. The lowest BCUT2D eigenvalue weighted by atomic mass is 10.2. The molecule has 4 heteroatoms. The quantitative estimate of drug-likeness (QED) is 0.767. The molecule has 0 saturated carbocycles. The second-order valence-corrected chi connectivity index (χ2v) is 4.60. The molecule has 0 saturated heterocycles. The van der Waals surface area contributed by atoms with Crippen molar-refractivity contribution in [3.8, 4) is 0 Å². The van der Waals surface area contributed by atoms with Gasteiger partial charge in [-0.05, 0) is 24.6 Å². The highest BCUT2D eigenvalue weighted by atomic mass is 16.3. The van der Waals surface area contributed by atoms with E-state index in [9.17, 15) is 5.11 Å². The molecule has 18 heavy (non-hydrogen) atoms. The molecule has 94 valence electrons. The first-order chi connectivity index (χ1) is 8.79. The van der Waals surface area contributed by atoms with Gasteiger partial charge in [0.15, 0.2) is 0 Å². The largest absolute Gasteiger partial charge is 0.464 e. The molecule has 3 aromatic rings. The summed E-state index contributed by atoms with van der Waals surface area (Å²) in [5.41, 5.74) is 1.89. The smallest absolute Gasteiger partial charge is 0.136 e. The van der Waals surface area contributed by atoms with Gasteiger partial charge in [0, 0.05) is 10.8 Å². The van der Waals surface area contributed by atoms with Gasteiger partial charge < -0.3 is 9.52 Å². The number of hydrogen-bond donors (Lipinski definition) is 1. The van der Waals surface area contributed by atoms with Crippen molar-refractivity contribution in [2.24, 2.45) is 0 Å². The van der Waals surface area contributed by atoms with E-state index in [0.29, 0.717) is 6.54 Å². The molecule has 3 rings (SSSR count). The molecule has 0 bridgehead atoms. The zero-order valence-electron chi connectivity index (χ0n) is 10.3. The lowest BCUT2D eigenvalue weighted by Gasteiger charge is -2.10. The standard InChI is InChI=1S/C14H16N2O2/c1-2-3-11(17)9-16-14-10(8-15-16)4-5-13-12(14)6-7-18-13/h4-8,11,17H,2-3,9H2,1H3. The van der Waals surface area contributed by atoms with Gasteiger partial charge in [-0.1, -0.05) is 13.3 Å². The van der Waals surface area contributed by atoms with E-state index in [1.54, 1.807) is 6.26 Å². The van der Waals surface area contributed by atoms with Crippen LogP contribution in [0.15, 0.2) is 35.1 Å². The minimum absolute atomic E-state index is 0.347. The van der Waals surface area contributed by atoms with Crippen LogP contribution in [-0.2, 0) is 6.54 Å². The summed E-state index contributed by atoms with van der Waals surface area (Å²) in [6.45, 7) is 2.60. The van der Waals surface area contributed by atoms with E-state index in [-0.39, 0.29) is 6.10 Å². The van der Waals surface area contributed by atoms with Crippen molar-refractivity contribution in [2.45, 2.75) is 32.4 Å². The third kappa shape index (κ3) is 1.78. The molecular formula is C14H16N2O2. The van der Waals surface area contributed by atoms with Crippen molar-refractivity contribution in [1.29, 1.82) is 0 Å². The summed E-state index contributed by atoms with van der Waals surface area (Å²) in [6.07, 6.45) is 4.94. The van der Waals surface area contributed by atoms with Crippen molar-refractivity contribution in [3.63, 3.8) is 0 Å². The summed E-state index contributed by atoms with van der Waals surface area (Å²) in [4.78, 5) is 0. The van der Waals surface area contributed by atoms with E-state index in [1.807, 2.05) is 29.1 Å². The molecule has 1 atom stereocenters. The SMILES string of the molecule is CCCC(O)Cn1ncc2ccc3occc3c21. The number of aliphatic hydroxyl groups excluding tert-OH is 1. The third-order valence-corrected chi connectivity index (χ3v) is 3.24. The summed E-state index contributed by atoms with van der Waals surface area (Å²) < 4.78 is 7.27. The first-order valence-corrected chi connectivity index (χ1v) is 6.29. The third-order valence-electron chi connectivity index (χ3n) is 3.24. The van der Waals surface area contributed by atoms with Gasteiger partial charge in [0.05, 0.1) is 30.6 Å². The number of hydrogen-bond acceptors (Lipinski definition) is 3. The van der Waals surface area contributed by atoms with Crippen LogP contribution in [0, 0.1) is 0 Å². The number of furan rings is 1. The Morgan fingerprint density at radius 1 is 1.39 bits per heavy atom. The Morgan fingerprint density at radius 2 is 2.28 bits per heavy atom. The summed E-state index contributed by atoms with van der Waals surface area (Å²) in [5.74, 6) is 0. The lowest BCUT2D eigenvalue weighted by molar-refractivity contribution is 0.140. The molecule has 1 N–H and O–H groups in total.